The number of carbonyl (C=O) groups is 3. The van der Waals surface area contributed by atoms with Crippen molar-refractivity contribution in [2.24, 2.45) is 0 Å². The van der Waals surface area contributed by atoms with Crippen LogP contribution in [-0.2, 0) is 20.7 Å². The number of ether oxygens (including phenoxy) is 2. The van der Waals surface area contributed by atoms with Crippen molar-refractivity contribution in [1.82, 2.24) is 9.55 Å². The van der Waals surface area contributed by atoms with Gasteiger partial charge in [0.25, 0.3) is 5.56 Å². The van der Waals surface area contributed by atoms with Gasteiger partial charge in [-0.25, -0.2) is 14.6 Å². The minimum Gasteiger partial charge on any atom is -0.465 e. The van der Waals surface area contributed by atoms with Gasteiger partial charge >= 0.3 is 11.9 Å². The maximum Gasteiger partial charge on any atom is 0.339 e. The second kappa shape index (κ2) is 11.7. The Bertz CT molecular complexity index is 1580. The van der Waals surface area contributed by atoms with E-state index in [4.69, 9.17) is 9.47 Å². The summed E-state index contributed by atoms with van der Waals surface area (Å²) in [6, 6.07) is 18.7. The molecule has 0 radical (unpaired) electrons. The topological polar surface area (TPSA) is 117 Å². The van der Waals surface area contributed by atoms with Crippen molar-refractivity contribution in [2.45, 2.75) is 18.5 Å². The highest BCUT2D eigenvalue weighted by atomic mass is 32.2. The van der Waals surface area contributed by atoms with E-state index in [0.29, 0.717) is 21.7 Å². The average Bonchev–Trinajstić information content (AvgIpc) is 2.95. The number of fused-ring (bicyclic) bond motifs is 1. The number of esters is 2. The van der Waals surface area contributed by atoms with Crippen LogP contribution in [0.25, 0.3) is 16.6 Å². The number of hydrogen-bond donors (Lipinski definition) is 1. The van der Waals surface area contributed by atoms with Gasteiger partial charge in [0.2, 0.25) is 5.91 Å². The van der Waals surface area contributed by atoms with Crippen molar-refractivity contribution in [3.63, 3.8) is 0 Å². The summed E-state index contributed by atoms with van der Waals surface area (Å²) in [6.07, 6.45) is 0.859. The summed E-state index contributed by atoms with van der Waals surface area (Å²) in [5, 5.41) is 3.46. The van der Waals surface area contributed by atoms with Gasteiger partial charge < -0.3 is 14.8 Å². The van der Waals surface area contributed by atoms with Crippen molar-refractivity contribution < 1.29 is 23.9 Å². The molecule has 38 heavy (non-hydrogen) atoms. The molecule has 4 aromatic rings. The van der Waals surface area contributed by atoms with E-state index in [0.717, 1.165) is 23.7 Å². The summed E-state index contributed by atoms with van der Waals surface area (Å²) >= 11 is 1.08. The molecule has 0 unspecified atom stereocenters. The van der Waals surface area contributed by atoms with Crippen molar-refractivity contribution in [3.8, 4) is 5.69 Å². The predicted octanol–water partition coefficient (Wildman–Crippen LogP) is 4.25. The molecule has 4 rings (SSSR count). The number of nitrogens with zero attached hydrogens (tertiary/aromatic N) is 2. The van der Waals surface area contributed by atoms with Gasteiger partial charge in [-0.3, -0.25) is 14.2 Å². The Morgan fingerprint density at radius 1 is 0.947 bits per heavy atom. The third-order valence-electron chi connectivity index (χ3n) is 5.80. The maximum atomic E-state index is 13.4. The van der Waals surface area contributed by atoms with Crippen LogP contribution in [0.3, 0.4) is 0 Å². The van der Waals surface area contributed by atoms with Gasteiger partial charge in [-0.15, -0.1) is 0 Å². The van der Waals surface area contributed by atoms with E-state index < -0.39 is 17.8 Å². The zero-order valence-electron chi connectivity index (χ0n) is 21.0. The highest BCUT2D eigenvalue weighted by molar-refractivity contribution is 7.99. The summed E-state index contributed by atoms with van der Waals surface area (Å²) in [7, 11) is 2.45. The third-order valence-corrected chi connectivity index (χ3v) is 6.74. The van der Waals surface area contributed by atoms with Crippen LogP contribution in [0, 0.1) is 0 Å². The van der Waals surface area contributed by atoms with Crippen LogP contribution in [0.1, 0.15) is 33.2 Å². The van der Waals surface area contributed by atoms with Crippen LogP contribution in [0.4, 0.5) is 5.69 Å². The molecule has 1 heterocycles. The van der Waals surface area contributed by atoms with Gasteiger partial charge in [-0.05, 0) is 54.4 Å². The first-order valence-corrected chi connectivity index (χ1v) is 12.7. The van der Waals surface area contributed by atoms with E-state index in [1.165, 1.54) is 37.0 Å². The van der Waals surface area contributed by atoms with E-state index in [1.807, 2.05) is 31.2 Å². The van der Waals surface area contributed by atoms with Crippen LogP contribution in [0.15, 0.2) is 76.7 Å². The van der Waals surface area contributed by atoms with Gasteiger partial charge in [0, 0.05) is 0 Å². The minimum atomic E-state index is -0.676. The second-order valence-electron chi connectivity index (χ2n) is 8.15. The monoisotopic (exact) mass is 531 g/mol. The van der Waals surface area contributed by atoms with Crippen molar-refractivity contribution >= 4 is 46.2 Å². The van der Waals surface area contributed by atoms with E-state index in [1.54, 1.807) is 24.3 Å². The largest absolute Gasteiger partial charge is 0.465 e. The number of benzene rings is 3. The minimum absolute atomic E-state index is 0.0789. The number of nitrogens with one attached hydrogen (secondary N) is 1. The number of para-hydroxylation sites is 1. The fraction of sp³-hybridized carbons (Fsp3) is 0.179. The standard InChI is InChI=1S/C28H25N3O6S/c1-4-17-9-12-19(13-10-17)31-25(33)20-7-5-6-8-22(20)30-28(31)38-16-24(32)29-23-15-18(26(34)36-2)11-14-21(23)27(35)37-3/h5-15H,4,16H2,1-3H3,(H,29,32). The summed E-state index contributed by atoms with van der Waals surface area (Å²) in [6.45, 7) is 2.05. The molecule has 0 aliphatic carbocycles. The third kappa shape index (κ3) is 5.60. The number of rotatable bonds is 8. The number of aryl methyl sites for hydroxylation is 1. The molecule has 3 aromatic carbocycles. The average molecular weight is 532 g/mol. The normalized spacial score (nSPS) is 10.7. The van der Waals surface area contributed by atoms with Crippen molar-refractivity contribution in [3.05, 3.63) is 93.8 Å². The van der Waals surface area contributed by atoms with E-state index in [9.17, 15) is 19.2 Å². The molecule has 0 aliphatic heterocycles. The lowest BCUT2D eigenvalue weighted by Gasteiger charge is -2.14. The fourth-order valence-corrected chi connectivity index (χ4v) is 4.63. The lowest BCUT2D eigenvalue weighted by atomic mass is 10.1. The van der Waals surface area contributed by atoms with Gasteiger partial charge in [-0.2, -0.15) is 0 Å². The Labute approximate surface area is 222 Å². The Morgan fingerprint density at radius 3 is 2.34 bits per heavy atom. The molecule has 0 saturated heterocycles. The molecule has 0 fully saturated rings. The Balaban J connectivity index is 1.66. The van der Waals surface area contributed by atoms with Gasteiger partial charge in [0.05, 0.1) is 53.4 Å². The van der Waals surface area contributed by atoms with Gasteiger partial charge in [0.15, 0.2) is 5.16 Å². The van der Waals surface area contributed by atoms with Crippen molar-refractivity contribution in [1.29, 1.82) is 0 Å². The Hall–Kier alpha value is -4.44. The van der Waals surface area contributed by atoms with Crippen LogP contribution in [0.2, 0.25) is 0 Å². The first-order valence-electron chi connectivity index (χ1n) is 11.7. The molecule has 9 nitrogen and oxygen atoms in total. The van der Waals surface area contributed by atoms with Crippen LogP contribution >= 0.6 is 11.8 Å². The SMILES string of the molecule is CCc1ccc(-n2c(SCC(=O)Nc3cc(C(=O)OC)ccc3C(=O)OC)nc3ccccc3c2=O)cc1. The number of thioether (sulfide) groups is 1. The molecule has 10 heteroatoms. The van der Waals surface area contributed by atoms with E-state index in [2.05, 4.69) is 10.3 Å². The molecule has 0 atom stereocenters. The lowest BCUT2D eigenvalue weighted by Crippen LogP contribution is -2.23. The number of aromatic nitrogens is 2. The molecule has 1 N–H and O–H groups in total. The van der Waals surface area contributed by atoms with E-state index in [-0.39, 0.29) is 28.1 Å². The number of carbonyl (C=O) groups excluding carboxylic acids is 3. The summed E-state index contributed by atoms with van der Waals surface area (Å²) < 4.78 is 11.0. The Morgan fingerprint density at radius 2 is 1.66 bits per heavy atom. The van der Waals surface area contributed by atoms with Crippen LogP contribution in [0.5, 0.6) is 0 Å². The van der Waals surface area contributed by atoms with Crippen LogP contribution < -0.4 is 10.9 Å². The van der Waals surface area contributed by atoms with Crippen LogP contribution in [-0.4, -0.2) is 47.4 Å². The zero-order valence-corrected chi connectivity index (χ0v) is 21.8. The number of hydrogen-bond acceptors (Lipinski definition) is 8. The fourth-order valence-electron chi connectivity index (χ4n) is 3.81. The molecule has 0 bridgehead atoms. The molecule has 0 aliphatic rings. The first-order chi connectivity index (χ1) is 18.4. The number of anilines is 1. The van der Waals surface area contributed by atoms with Gasteiger partial charge in [0.1, 0.15) is 0 Å². The molecule has 0 saturated carbocycles. The zero-order chi connectivity index (χ0) is 27.2. The molecule has 0 spiro atoms. The highest BCUT2D eigenvalue weighted by Gasteiger charge is 2.19. The predicted molar refractivity (Wildman–Crippen MR) is 145 cm³/mol. The first kappa shape index (κ1) is 26.6. The summed E-state index contributed by atoms with van der Waals surface area (Å²) in [5.74, 6) is -1.90. The smallest absolute Gasteiger partial charge is 0.339 e. The van der Waals surface area contributed by atoms with Crippen molar-refractivity contribution in [2.75, 3.05) is 25.3 Å². The maximum absolute atomic E-state index is 13.4. The number of amides is 1. The lowest BCUT2D eigenvalue weighted by molar-refractivity contribution is -0.113. The van der Waals surface area contributed by atoms with E-state index >= 15 is 0 Å². The molecule has 1 amide bonds. The molecule has 194 valence electrons. The summed E-state index contributed by atoms with van der Waals surface area (Å²) in [5.41, 5.74) is 2.36. The second-order valence-corrected chi connectivity index (χ2v) is 9.09. The summed E-state index contributed by atoms with van der Waals surface area (Å²) in [4.78, 5) is 55.2. The highest BCUT2D eigenvalue weighted by Crippen LogP contribution is 2.24. The van der Waals surface area contributed by atoms with Gasteiger partial charge in [-0.1, -0.05) is 43.0 Å². The molecular weight excluding hydrogens is 506 g/mol. The quantitative estimate of drug-likeness (QED) is 0.204. The molecular formula is C28H25N3O6S. The Kier molecular flexibility index (Phi) is 8.22. The number of methoxy groups -OCH3 is 2. The molecule has 1 aromatic heterocycles.